The molecule has 0 unspecified atom stereocenters. The molecule has 3 N–H and O–H groups in total. The predicted molar refractivity (Wildman–Crippen MR) is 131 cm³/mol. The van der Waals surface area contributed by atoms with Gasteiger partial charge in [-0.1, -0.05) is 61.4 Å². The van der Waals surface area contributed by atoms with Crippen LogP contribution in [0.3, 0.4) is 0 Å². The number of carboxylic acid groups (broad SMARTS) is 1. The van der Waals surface area contributed by atoms with Crippen LogP contribution in [0.2, 0.25) is 0 Å². The number of fused-ring (bicyclic) bond motifs is 3. The van der Waals surface area contributed by atoms with Gasteiger partial charge in [0.2, 0.25) is 5.91 Å². The van der Waals surface area contributed by atoms with Gasteiger partial charge >= 0.3 is 12.1 Å². The first kappa shape index (κ1) is 25.3. The number of carbonyl (C=O) groups is 3. The monoisotopic (exact) mass is 466 g/mol. The summed E-state index contributed by atoms with van der Waals surface area (Å²) in [7, 11) is 0. The topological polar surface area (TPSA) is 105 Å². The minimum absolute atomic E-state index is 0.00930. The fraction of sp³-hybridized carbons (Fsp3) is 0.444. The van der Waals surface area contributed by atoms with E-state index in [0.717, 1.165) is 30.4 Å². The number of hydrogen-bond acceptors (Lipinski definition) is 4. The minimum atomic E-state index is -0.783. The molecule has 34 heavy (non-hydrogen) atoms. The van der Waals surface area contributed by atoms with E-state index in [1.807, 2.05) is 24.3 Å². The van der Waals surface area contributed by atoms with Gasteiger partial charge in [0.25, 0.3) is 0 Å². The van der Waals surface area contributed by atoms with Gasteiger partial charge in [0, 0.05) is 25.4 Å². The third-order valence-corrected chi connectivity index (χ3v) is 6.24. The summed E-state index contributed by atoms with van der Waals surface area (Å²) in [5.41, 5.74) is 3.87. The molecule has 0 saturated heterocycles. The van der Waals surface area contributed by atoms with Crippen LogP contribution in [0.25, 0.3) is 11.1 Å². The van der Waals surface area contributed by atoms with E-state index in [1.165, 1.54) is 11.1 Å². The SMILES string of the molecule is CC(C)(CNC(=O)OCC1c2ccccc2-c2ccccc21)C(=O)NCCCCCCC(=O)O. The van der Waals surface area contributed by atoms with Crippen molar-refractivity contribution in [1.29, 1.82) is 0 Å². The highest BCUT2D eigenvalue weighted by molar-refractivity contribution is 5.83. The number of hydrogen-bond donors (Lipinski definition) is 3. The van der Waals surface area contributed by atoms with Gasteiger partial charge in [-0.25, -0.2) is 4.79 Å². The second kappa shape index (κ2) is 11.7. The summed E-state index contributed by atoms with van der Waals surface area (Å²) in [6, 6.07) is 16.3. The first-order chi connectivity index (χ1) is 16.3. The van der Waals surface area contributed by atoms with Crippen LogP contribution in [0.4, 0.5) is 4.79 Å². The molecular weight excluding hydrogens is 432 g/mol. The number of nitrogens with one attached hydrogen (secondary N) is 2. The van der Waals surface area contributed by atoms with Crippen LogP contribution in [0.1, 0.15) is 63.0 Å². The van der Waals surface area contributed by atoms with E-state index in [1.54, 1.807) is 13.8 Å². The zero-order valence-corrected chi connectivity index (χ0v) is 19.9. The summed E-state index contributed by atoms with van der Waals surface area (Å²) in [6.45, 7) is 4.47. The molecule has 0 spiro atoms. The zero-order valence-electron chi connectivity index (χ0n) is 19.9. The second-order valence-corrected chi connectivity index (χ2v) is 9.38. The molecule has 7 heteroatoms. The molecular formula is C27H34N2O5. The largest absolute Gasteiger partial charge is 0.481 e. The van der Waals surface area contributed by atoms with E-state index < -0.39 is 17.5 Å². The van der Waals surface area contributed by atoms with Gasteiger partial charge in [-0.05, 0) is 48.9 Å². The first-order valence-corrected chi connectivity index (χ1v) is 11.9. The Morgan fingerprint density at radius 1 is 0.882 bits per heavy atom. The number of amides is 2. The molecule has 182 valence electrons. The number of benzene rings is 2. The number of ether oxygens (including phenoxy) is 1. The lowest BCUT2D eigenvalue weighted by molar-refractivity contribution is -0.137. The summed E-state index contributed by atoms with van der Waals surface area (Å²) in [4.78, 5) is 35.4. The number of carboxylic acids is 1. The van der Waals surface area contributed by atoms with Crippen LogP contribution in [-0.4, -0.2) is 42.8 Å². The lowest BCUT2D eigenvalue weighted by Gasteiger charge is -2.24. The lowest BCUT2D eigenvalue weighted by atomic mass is 9.92. The number of carbonyl (C=O) groups excluding carboxylic acids is 2. The second-order valence-electron chi connectivity index (χ2n) is 9.38. The molecule has 0 heterocycles. The maximum absolute atomic E-state index is 12.5. The molecule has 1 aliphatic carbocycles. The number of rotatable bonds is 12. The highest BCUT2D eigenvalue weighted by Crippen LogP contribution is 2.44. The van der Waals surface area contributed by atoms with E-state index >= 15 is 0 Å². The summed E-state index contributed by atoms with van der Waals surface area (Å²) < 4.78 is 5.54. The summed E-state index contributed by atoms with van der Waals surface area (Å²) in [6.07, 6.45) is 2.78. The molecule has 0 radical (unpaired) electrons. The van der Waals surface area contributed by atoms with Crippen LogP contribution >= 0.6 is 0 Å². The van der Waals surface area contributed by atoms with Gasteiger partial charge in [-0.2, -0.15) is 0 Å². The van der Waals surface area contributed by atoms with Gasteiger partial charge in [0.1, 0.15) is 6.61 Å². The highest BCUT2D eigenvalue weighted by Gasteiger charge is 2.30. The van der Waals surface area contributed by atoms with Crippen LogP contribution in [0, 0.1) is 5.41 Å². The fourth-order valence-electron chi connectivity index (χ4n) is 4.22. The Morgan fingerprint density at radius 2 is 1.47 bits per heavy atom. The third kappa shape index (κ3) is 6.59. The molecule has 0 atom stereocenters. The zero-order chi connectivity index (χ0) is 24.6. The maximum atomic E-state index is 12.5. The van der Waals surface area contributed by atoms with Crippen LogP contribution in [-0.2, 0) is 14.3 Å². The quantitative estimate of drug-likeness (QED) is 0.393. The van der Waals surface area contributed by atoms with E-state index in [4.69, 9.17) is 9.84 Å². The summed E-state index contributed by atoms with van der Waals surface area (Å²) in [5.74, 6) is -0.930. The molecule has 2 amide bonds. The maximum Gasteiger partial charge on any atom is 0.407 e. The number of aliphatic carboxylic acids is 1. The third-order valence-electron chi connectivity index (χ3n) is 6.24. The first-order valence-electron chi connectivity index (χ1n) is 11.9. The lowest BCUT2D eigenvalue weighted by Crippen LogP contribution is -2.45. The van der Waals surface area contributed by atoms with Crippen molar-refractivity contribution in [2.75, 3.05) is 19.7 Å². The van der Waals surface area contributed by atoms with Crippen molar-refractivity contribution in [1.82, 2.24) is 10.6 Å². The molecule has 0 fully saturated rings. The Balaban J connectivity index is 1.40. The van der Waals surface area contributed by atoms with Gasteiger partial charge in [0.15, 0.2) is 0 Å². The van der Waals surface area contributed by atoms with Gasteiger partial charge in [-0.15, -0.1) is 0 Å². The normalized spacial score (nSPS) is 12.5. The standard InChI is InChI=1S/C27H34N2O5/c1-27(2,25(32)28-16-10-4-3-5-15-24(30)31)18-29-26(33)34-17-23-21-13-8-6-11-19(21)20-12-7-9-14-22(20)23/h6-9,11-14,23H,3-5,10,15-18H2,1-2H3,(H,28,32)(H,29,33)(H,30,31). The van der Waals surface area contributed by atoms with Crippen molar-refractivity contribution in [3.8, 4) is 11.1 Å². The van der Waals surface area contributed by atoms with Crippen molar-refractivity contribution in [3.05, 3.63) is 59.7 Å². The fourth-order valence-corrected chi connectivity index (χ4v) is 4.22. The Hall–Kier alpha value is -3.35. The van der Waals surface area contributed by atoms with Crippen LogP contribution < -0.4 is 10.6 Å². The van der Waals surface area contributed by atoms with Gasteiger partial charge < -0.3 is 20.5 Å². The molecule has 0 bridgehead atoms. The van der Waals surface area contributed by atoms with Crippen molar-refractivity contribution >= 4 is 18.0 Å². The van der Waals surface area contributed by atoms with Gasteiger partial charge in [-0.3, -0.25) is 9.59 Å². The van der Waals surface area contributed by atoms with Crippen molar-refractivity contribution in [2.24, 2.45) is 5.41 Å². The summed E-state index contributed by atoms with van der Waals surface area (Å²) >= 11 is 0. The average Bonchev–Trinajstić information content (AvgIpc) is 3.14. The van der Waals surface area contributed by atoms with Crippen molar-refractivity contribution in [2.45, 2.75) is 51.9 Å². The van der Waals surface area contributed by atoms with E-state index in [2.05, 4.69) is 34.9 Å². The van der Waals surface area contributed by atoms with Crippen molar-refractivity contribution in [3.63, 3.8) is 0 Å². The van der Waals surface area contributed by atoms with Crippen molar-refractivity contribution < 1.29 is 24.2 Å². The Morgan fingerprint density at radius 3 is 2.09 bits per heavy atom. The Bertz CT molecular complexity index is 972. The average molecular weight is 467 g/mol. The molecule has 0 aromatic heterocycles. The Kier molecular flexibility index (Phi) is 8.68. The molecule has 1 aliphatic rings. The van der Waals surface area contributed by atoms with E-state index in [-0.39, 0.29) is 31.4 Å². The van der Waals surface area contributed by atoms with Gasteiger partial charge in [0.05, 0.1) is 5.41 Å². The molecule has 0 saturated carbocycles. The molecule has 2 aromatic rings. The molecule has 7 nitrogen and oxygen atoms in total. The molecule has 2 aromatic carbocycles. The van der Waals surface area contributed by atoms with E-state index in [9.17, 15) is 14.4 Å². The number of unbranched alkanes of at least 4 members (excludes halogenated alkanes) is 3. The predicted octanol–water partition coefficient (Wildman–Crippen LogP) is 4.70. The summed E-state index contributed by atoms with van der Waals surface area (Å²) in [5, 5.41) is 14.3. The smallest absolute Gasteiger partial charge is 0.407 e. The molecule has 0 aliphatic heterocycles. The highest BCUT2D eigenvalue weighted by atomic mass is 16.5. The Labute approximate surface area is 200 Å². The van der Waals surface area contributed by atoms with E-state index in [0.29, 0.717) is 13.0 Å². The van der Waals surface area contributed by atoms with Crippen LogP contribution in [0.5, 0.6) is 0 Å². The van der Waals surface area contributed by atoms with Crippen LogP contribution in [0.15, 0.2) is 48.5 Å². The minimum Gasteiger partial charge on any atom is -0.481 e. The number of alkyl carbamates (subject to hydrolysis) is 1. The molecule has 3 rings (SSSR count).